The molecule has 1 atom stereocenters. The van der Waals surface area contributed by atoms with Crippen molar-refractivity contribution in [3.63, 3.8) is 0 Å². The van der Waals surface area contributed by atoms with Gasteiger partial charge in [0.05, 0.1) is 4.90 Å². The van der Waals surface area contributed by atoms with E-state index in [9.17, 15) is 8.42 Å². The van der Waals surface area contributed by atoms with E-state index in [1.807, 2.05) is 37.3 Å². The van der Waals surface area contributed by atoms with Gasteiger partial charge in [0.1, 0.15) is 0 Å². The van der Waals surface area contributed by atoms with Gasteiger partial charge >= 0.3 is 0 Å². The summed E-state index contributed by atoms with van der Waals surface area (Å²) in [5.74, 6) is 0. The van der Waals surface area contributed by atoms with Crippen molar-refractivity contribution in [1.82, 2.24) is 9.62 Å². The van der Waals surface area contributed by atoms with Gasteiger partial charge in [-0.05, 0) is 50.6 Å². The molecule has 1 unspecified atom stereocenters. The summed E-state index contributed by atoms with van der Waals surface area (Å²) >= 11 is 0. The Morgan fingerprint density at radius 1 is 1.00 bits per heavy atom. The molecule has 1 N–H and O–H groups in total. The zero-order valence-electron chi connectivity index (χ0n) is 14.0. The quantitative estimate of drug-likeness (QED) is 0.876. The Hall–Kier alpha value is -1.69. The molecule has 128 valence electrons. The van der Waals surface area contributed by atoms with E-state index < -0.39 is 10.0 Å². The molecule has 1 aliphatic rings. The summed E-state index contributed by atoms with van der Waals surface area (Å²) in [5, 5.41) is 0. The van der Waals surface area contributed by atoms with Gasteiger partial charge in [0, 0.05) is 12.6 Å². The van der Waals surface area contributed by atoms with E-state index in [1.54, 1.807) is 12.1 Å². The number of nitrogens with zero attached hydrogens (tertiary/aromatic N) is 1. The molecule has 2 aromatic rings. The number of likely N-dealkylation sites (tertiary alicyclic amines) is 1. The molecule has 0 amide bonds. The smallest absolute Gasteiger partial charge is 0.240 e. The van der Waals surface area contributed by atoms with Gasteiger partial charge in [-0.3, -0.25) is 4.90 Å². The first-order valence-corrected chi connectivity index (χ1v) is 9.90. The third kappa shape index (κ3) is 4.04. The molecule has 1 saturated heterocycles. The molecule has 0 bridgehead atoms. The van der Waals surface area contributed by atoms with Crippen molar-refractivity contribution in [3.8, 4) is 0 Å². The van der Waals surface area contributed by atoms with Gasteiger partial charge in [-0.25, -0.2) is 13.1 Å². The van der Waals surface area contributed by atoms with Gasteiger partial charge in [0.25, 0.3) is 0 Å². The lowest BCUT2D eigenvalue weighted by molar-refractivity contribution is 0.246. The number of nitrogens with one attached hydrogen (secondary N) is 1. The fourth-order valence-electron chi connectivity index (χ4n) is 3.18. The average Bonchev–Trinajstić information content (AvgIpc) is 3.11. The van der Waals surface area contributed by atoms with Gasteiger partial charge in [-0.15, -0.1) is 0 Å². The topological polar surface area (TPSA) is 49.4 Å². The highest BCUT2D eigenvalue weighted by Gasteiger charge is 2.25. The lowest BCUT2D eigenvalue weighted by Gasteiger charge is -2.28. The van der Waals surface area contributed by atoms with Gasteiger partial charge in [0.2, 0.25) is 10.0 Å². The number of hydrogen-bond acceptors (Lipinski definition) is 3. The lowest BCUT2D eigenvalue weighted by Crippen LogP contribution is -2.36. The molecule has 1 fully saturated rings. The van der Waals surface area contributed by atoms with E-state index in [0.29, 0.717) is 11.4 Å². The minimum absolute atomic E-state index is 0.0777. The Morgan fingerprint density at radius 2 is 1.62 bits per heavy atom. The van der Waals surface area contributed by atoms with Crippen molar-refractivity contribution < 1.29 is 8.42 Å². The molecule has 0 radical (unpaired) electrons. The van der Waals surface area contributed by atoms with Crippen LogP contribution in [-0.2, 0) is 10.0 Å². The first-order valence-electron chi connectivity index (χ1n) is 8.41. The van der Waals surface area contributed by atoms with Crippen LogP contribution in [0.25, 0.3) is 0 Å². The van der Waals surface area contributed by atoms with Crippen LogP contribution < -0.4 is 4.72 Å². The van der Waals surface area contributed by atoms with Crippen LogP contribution in [0.4, 0.5) is 0 Å². The Bertz CT molecular complexity index is 752. The van der Waals surface area contributed by atoms with E-state index in [2.05, 4.69) is 21.8 Å². The minimum atomic E-state index is -3.49. The van der Waals surface area contributed by atoms with Crippen LogP contribution in [0.3, 0.4) is 0 Å². The molecule has 0 saturated carbocycles. The maximum atomic E-state index is 12.6. The highest BCUT2D eigenvalue weighted by molar-refractivity contribution is 7.89. The molecule has 1 aliphatic heterocycles. The Morgan fingerprint density at radius 3 is 2.25 bits per heavy atom. The van der Waals surface area contributed by atoms with Gasteiger partial charge < -0.3 is 0 Å². The van der Waals surface area contributed by atoms with E-state index in [-0.39, 0.29) is 6.04 Å². The number of rotatable bonds is 6. The first kappa shape index (κ1) is 17.1. The number of aryl methyl sites for hydroxylation is 1. The second-order valence-corrected chi connectivity index (χ2v) is 8.10. The van der Waals surface area contributed by atoms with Crippen LogP contribution in [0.5, 0.6) is 0 Å². The maximum absolute atomic E-state index is 12.6. The van der Waals surface area contributed by atoms with E-state index in [0.717, 1.165) is 24.2 Å². The average molecular weight is 344 g/mol. The van der Waals surface area contributed by atoms with Gasteiger partial charge in [0.15, 0.2) is 0 Å². The Kier molecular flexibility index (Phi) is 5.33. The highest BCUT2D eigenvalue weighted by Crippen LogP contribution is 2.25. The van der Waals surface area contributed by atoms with E-state index >= 15 is 0 Å². The third-order valence-electron chi connectivity index (χ3n) is 4.56. The predicted molar refractivity (Wildman–Crippen MR) is 96.4 cm³/mol. The Balaban J connectivity index is 1.76. The molecule has 4 nitrogen and oxygen atoms in total. The van der Waals surface area contributed by atoms with Crippen LogP contribution in [0.15, 0.2) is 59.5 Å². The fourth-order valence-corrected chi connectivity index (χ4v) is 4.21. The van der Waals surface area contributed by atoms with Gasteiger partial charge in [-0.1, -0.05) is 48.0 Å². The standard InChI is InChI=1S/C19H24N2O2S/c1-16-9-11-18(12-10-16)24(22,23)20-15-19(21-13-5-6-14-21)17-7-3-2-4-8-17/h2-4,7-12,19-20H,5-6,13-15H2,1H3. The molecule has 24 heavy (non-hydrogen) atoms. The summed E-state index contributed by atoms with van der Waals surface area (Å²) in [6.45, 7) is 4.38. The van der Waals surface area contributed by atoms with Crippen LogP contribution in [0, 0.1) is 6.92 Å². The molecule has 0 spiro atoms. The second-order valence-electron chi connectivity index (χ2n) is 6.33. The largest absolute Gasteiger partial charge is 0.295 e. The SMILES string of the molecule is Cc1ccc(S(=O)(=O)NCC(c2ccccc2)N2CCCC2)cc1. The molecule has 2 aromatic carbocycles. The summed E-state index contributed by atoms with van der Waals surface area (Å²) in [7, 11) is -3.49. The van der Waals surface area contributed by atoms with Crippen molar-refractivity contribution in [1.29, 1.82) is 0 Å². The van der Waals surface area contributed by atoms with Crippen molar-refractivity contribution >= 4 is 10.0 Å². The van der Waals surface area contributed by atoms with Crippen molar-refractivity contribution in [2.24, 2.45) is 0 Å². The molecule has 1 heterocycles. The molecule has 5 heteroatoms. The summed E-state index contributed by atoms with van der Waals surface area (Å²) < 4.78 is 27.9. The van der Waals surface area contributed by atoms with E-state index in [1.165, 1.54) is 12.8 Å². The van der Waals surface area contributed by atoms with Crippen molar-refractivity contribution in [2.75, 3.05) is 19.6 Å². The van der Waals surface area contributed by atoms with Crippen molar-refractivity contribution in [3.05, 3.63) is 65.7 Å². The summed E-state index contributed by atoms with van der Waals surface area (Å²) in [6.07, 6.45) is 2.35. The lowest BCUT2D eigenvalue weighted by atomic mass is 10.1. The fraction of sp³-hybridized carbons (Fsp3) is 0.368. The molecule has 3 rings (SSSR count). The Labute approximate surface area is 144 Å². The van der Waals surface area contributed by atoms with E-state index in [4.69, 9.17) is 0 Å². The predicted octanol–water partition coefficient (Wildman–Crippen LogP) is 3.11. The number of benzene rings is 2. The maximum Gasteiger partial charge on any atom is 0.240 e. The third-order valence-corrected chi connectivity index (χ3v) is 6.00. The summed E-state index contributed by atoms with van der Waals surface area (Å²) in [6, 6.07) is 17.2. The molecule has 0 aliphatic carbocycles. The molecular weight excluding hydrogens is 320 g/mol. The normalized spacial score (nSPS) is 17.0. The molecular formula is C19H24N2O2S. The zero-order chi connectivity index (χ0) is 17.0. The summed E-state index contributed by atoms with van der Waals surface area (Å²) in [5.41, 5.74) is 2.21. The summed E-state index contributed by atoms with van der Waals surface area (Å²) in [4.78, 5) is 2.69. The number of sulfonamides is 1. The number of hydrogen-bond donors (Lipinski definition) is 1. The van der Waals surface area contributed by atoms with Crippen LogP contribution in [-0.4, -0.2) is 33.0 Å². The monoisotopic (exact) mass is 344 g/mol. The van der Waals surface area contributed by atoms with Crippen molar-refractivity contribution in [2.45, 2.75) is 30.7 Å². The van der Waals surface area contributed by atoms with Crippen LogP contribution >= 0.6 is 0 Å². The second kappa shape index (κ2) is 7.47. The van der Waals surface area contributed by atoms with Crippen LogP contribution in [0.1, 0.15) is 30.0 Å². The minimum Gasteiger partial charge on any atom is -0.295 e. The highest BCUT2D eigenvalue weighted by atomic mass is 32.2. The first-order chi connectivity index (χ1) is 11.6. The zero-order valence-corrected chi connectivity index (χ0v) is 14.8. The molecule has 0 aromatic heterocycles. The van der Waals surface area contributed by atoms with Gasteiger partial charge in [-0.2, -0.15) is 0 Å². The van der Waals surface area contributed by atoms with Crippen LogP contribution in [0.2, 0.25) is 0 Å².